The lowest BCUT2D eigenvalue weighted by Crippen LogP contribution is -2.46. The van der Waals surface area contributed by atoms with Gasteiger partial charge in [0.2, 0.25) is 0 Å². The predicted molar refractivity (Wildman–Crippen MR) is 122 cm³/mol. The number of carbonyl (C=O) groups is 2. The Bertz CT molecular complexity index is 1020. The molecule has 0 aromatic heterocycles. The van der Waals surface area contributed by atoms with Crippen molar-refractivity contribution in [1.82, 2.24) is 4.90 Å². The lowest BCUT2D eigenvalue weighted by molar-refractivity contribution is -0.123. The summed E-state index contributed by atoms with van der Waals surface area (Å²) >= 11 is 1.50. The number of benzene rings is 2. The molecule has 2 aliphatic rings. The van der Waals surface area contributed by atoms with Crippen LogP contribution in [0.2, 0.25) is 0 Å². The summed E-state index contributed by atoms with van der Waals surface area (Å²) in [5, 5.41) is 8.89. The number of Topliss-reactive ketones (excluding diaryl/α,β-unsaturated/α-hetero) is 1. The second kappa shape index (κ2) is 9.52. The Morgan fingerprint density at radius 2 is 2.00 bits per heavy atom. The smallest absolute Gasteiger partial charge is 0.254 e. The lowest BCUT2D eigenvalue weighted by Gasteiger charge is -2.38. The Morgan fingerprint density at radius 1 is 1.22 bits per heavy atom. The van der Waals surface area contributed by atoms with Crippen LogP contribution in [0.4, 0.5) is 0 Å². The summed E-state index contributed by atoms with van der Waals surface area (Å²) in [6.07, 6.45) is 3.58. The number of rotatable bonds is 7. The van der Waals surface area contributed by atoms with Gasteiger partial charge in [-0.2, -0.15) is 0 Å². The van der Waals surface area contributed by atoms with Crippen molar-refractivity contribution in [3.8, 4) is 11.5 Å². The third-order valence-corrected chi connectivity index (χ3v) is 7.01. The molecule has 2 aromatic rings. The van der Waals surface area contributed by atoms with Gasteiger partial charge in [0.1, 0.15) is 24.7 Å². The van der Waals surface area contributed by atoms with Crippen LogP contribution in [0.1, 0.15) is 34.3 Å². The summed E-state index contributed by atoms with van der Waals surface area (Å²) in [5.41, 5.74) is 8.60. The molecule has 170 valence electrons. The first-order valence-corrected chi connectivity index (χ1v) is 11.9. The van der Waals surface area contributed by atoms with Crippen molar-refractivity contribution in [2.45, 2.75) is 29.7 Å². The quantitative estimate of drug-likeness (QED) is 0.617. The minimum absolute atomic E-state index is 0.0519. The van der Waals surface area contributed by atoms with Crippen LogP contribution >= 0.6 is 11.8 Å². The Morgan fingerprint density at radius 3 is 2.69 bits per heavy atom. The number of ketones is 1. The van der Waals surface area contributed by atoms with E-state index in [1.807, 2.05) is 29.4 Å². The molecule has 0 radical (unpaired) electrons. The van der Waals surface area contributed by atoms with Gasteiger partial charge in [-0.1, -0.05) is 12.1 Å². The number of aliphatic hydroxyl groups excluding tert-OH is 1. The predicted octanol–water partition coefficient (Wildman–Crippen LogP) is 2.37. The molecular weight excluding hydrogens is 428 g/mol. The molecule has 0 atom stereocenters. The fourth-order valence-corrected chi connectivity index (χ4v) is 4.86. The molecular formula is C24H28N2O5S. The van der Waals surface area contributed by atoms with Crippen LogP contribution in [0.25, 0.3) is 0 Å². The van der Waals surface area contributed by atoms with E-state index in [4.69, 9.17) is 20.3 Å². The van der Waals surface area contributed by atoms with Crippen LogP contribution in [0.3, 0.4) is 0 Å². The Kier molecular flexibility index (Phi) is 6.74. The van der Waals surface area contributed by atoms with Gasteiger partial charge in [-0.3, -0.25) is 9.59 Å². The van der Waals surface area contributed by atoms with E-state index in [-0.39, 0.29) is 17.9 Å². The van der Waals surface area contributed by atoms with Crippen LogP contribution in [0.15, 0.2) is 41.3 Å². The average Bonchev–Trinajstić information content (AvgIpc) is 3.19. The summed E-state index contributed by atoms with van der Waals surface area (Å²) in [6.45, 7) is 1.61. The van der Waals surface area contributed by atoms with Gasteiger partial charge >= 0.3 is 0 Å². The molecule has 0 unspecified atom stereocenters. The number of ether oxygens (including phenoxy) is 2. The fraction of sp³-hybridized carbons (Fsp3) is 0.417. The molecule has 0 saturated carbocycles. The molecule has 7 nitrogen and oxygen atoms in total. The zero-order valence-electron chi connectivity index (χ0n) is 18.1. The highest BCUT2D eigenvalue weighted by Crippen LogP contribution is 2.46. The summed E-state index contributed by atoms with van der Waals surface area (Å²) in [4.78, 5) is 27.4. The SMILES string of the molecule is CSc1cc(OCC(=O)CO)cc(C(=O)N2CCC3(CC2)COc2ccc(CN)cc23)c1. The Hall–Kier alpha value is -2.55. The maximum Gasteiger partial charge on any atom is 0.254 e. The van der Waals surface area contributed by atoms with E-state index >= 15 is 0 Å². The molecule has 4 rings (SSSR count). The molecule has 0 bridgehead atoms. The van der Waals surface area contributed by atoms with Gasteiger partial charge in [0.25, 0.3) is 5.91 Å². The van der Waals surface area contributed by atoms with Crippen molar-refractivity contribution in [3.63, 3.8) is 0 Å². The van der Waals surface area contributed by atoms with Gasteiger partial charge in [0, 0.05) is 41.1 Å². The van der Waals surface area contributed by atoms with Gasteiger partial charge < -0.3 is 25.2 Å². The minimum Gasteiger partial charge on any atom is -0.492 e. The van der Waals surface area contributed by atoms with E-state index in [2.05, 4.69) is 6.07 Å². The third kappa shape index (κ3) is 4.48. The number of carbonyl (C=O) groups excluding carboxylic acids is 2. The normalized spacial score (nSPS) is 16.5. The molecule has 1 saturated heterocycles. The number of likely N-dealkylation sites (tertiary alicyclic amines) is 1. The maximum atomic E-state index is 13.3. The van der Waals surface area contributed by atoms with Crippen LogP contribution in [0, 0.1) is 0 Å². The summed E-state index contributed by atoms with van der Waals surface area (Å²) < 4.78 is 11.5. The second-order valence-electron chi connectivity index (χ2n) is 8.28. The number of piperidine rings is 1. The summed E-state index contributed by atoms with van der Waals surface area (Å²) in [7, 11) is 0. The summed E-state index contributed by atoms with van der Waals surface area (Å²) in [5.74, 6) is 0.909. The molecule has 1 spiro atoms. The fourth-order valence-electron chi connectivity index (χ4n) is 4.38. The highest BCUT2D eigenvalue weighted by molar-refractivity contribution is 7.98. The van der Waals surface area contributed by atoms with Crippen molar-refractivity contribution in [1.29, 1.82) is 0 Å². The molecule has 1 amide bonds. The number of nitrogens with zero attached hydrogens (tertiary/aromatic N) is 1. The molecule has 2 aliphatic heterocycles. The monoisotopic (exact) mass is 456 g/mol. The first-order valence-electron chi connectivity index (χ1n) is 10.7. The number of amides is 1. The summed E-state index contributed by atoms with van der Waals surface area (Å²) in [6, 6.07) is 11.5. The van der Waals surface area contributed by atoms with Crippen LogP contribution in [-0.2, 0) is 16.8 Å². The van der Waals surface area contributed by atoms with Crippen LogP contribution in [0.5, 0.6) is 11.5 Å². The molecule has 0 aliphatic carbocycles. The van der Waals surface area contributed by atoms with E-state index in [9.17, 15) is 9.59 Å². The lowest BCUT2D eigenvalue weighted by atomic mass is 9.74. The van der Waals surface area contributed by atoms with Gasteiger partial charge in [-0.25, -0.2) is 0 Å². The van der Waals surface area contributed by atoms with Crippen molar-refractivity contribution < 1.29 is 24.2 Å². The molecule has 2 aromatic carbocycles. The molecule has 2 heterocycles. The number of fused-ring (bicyclic) bond motifs is 2. The van der Waals surface area contributed by atoms with Gasteiger partial charge in [0.05, 0.1) is 6.61 Å². The van der Waals surface area contributed by atoms with E-state index in [1.54, 1.807) is 12.1 Å². The minimum atomic E-state index is -0.566. The van der Waals surface area contributed by atoms with E-state index < -0.39 is 12.4 Å². The zero-order chi connectivity index (χ0) is 22.7. The molecule has 8 heteroatoms. The topological polar surface area (TPSA) is 102 Å². The van der Waals surface area contributed by atoms with Crippen molar-refractivity contribution in [2.24, 2.45) is 5.73 Å². The number of hydrogen-bond donors (Lipinski definition) is 2. The average molecular weight is 457 g/mol. The molecule has 32 heavy (non-hydrogen) atoms. The Labute approximate surface area is 191 Å². The van der Waals surface area contributed by atoms with Gasteiger partial charge in [-0.15, -0.1) is 11.8 Å². The number of hydrogen-bond acceptors (Lipinski definition) is 7. The third-order valence-electron chi connectivity index (χ3n) is 6.30. The van der Waals surface area contributed by atoms with Gasteiger partial charge in [-0.05, 0) is 48.9 Å². The zero-order valence-corrected chi connectivity index (χ0v) is 19.0. The van der Waals surface area contributed by atoms with Crippen molar-refractivity contribution in [2.75, 3.05) is 39.2 Å². The Balaban J connectivity index is 1.48. The molecule has 1 fully saturated rings. The second-order valence-corrected chi connectivity index (χ2v) is 9.16. The number of nitrogens with two attached hydrogens (primary N) is 1. The van der Waals surface area contributed by atoms with Gasteiger partial charge in [0.15, 0.2) is 5.78 Å². The van der Waals surface area contributed by atoms with Crippen molar-refractivity contribution in [3.05, 3.63) is 53.1 Å². The van der Waals surface area contributed by atoms with E-state index in [1.165, 1.54) is 17.3 Å². The van der Waals surface area contributed by atoms with E-state index in [0.717, 1.165) is 29.1 Å². The highest BCUT2D eigenvalue weighted by atomic mass is 32.2. The highest BCUT2D eigenvalue weighted by Gasteiger charge is 2.44. The first-order chi connectivity index (χ1) is 15.5. The number of aliphatic hydroxyl groups is 1. The van der Waals surface area contributed by atoms with Crippen molar-refractivity contribution >= 4 is 23.5 Å². The van der Waals surface area contributed by atoms with Crippen LogP contribution in [-0.4, -0.2) is 60.9 Å². The number of thioether (sulfide) groups is 1. The van der Waals surface area contributed by atoms with E-state index in [0.29, 0.717) is 37.6 Å². The molecule has 3 N–H and O–H groups in total. The standard InChI is InChI=1S/C24H28N2O5S/c1-32-20-10-17(9-19(11-20)30-14-18(28)13-27)23(29)26-6-4-24(5-7-26)15-31-22-3-2-16(12-25)8-21(22)24/h2-3,8-11,27H,4-7,12-15,25H2,1H3. The van der Waals surface area contributed by atoms with Crippen LogP contribution < -0.4 is 15.2 Å². The first kappa shape index (κ1) is 22.6. The maximum absolute atomic E-state index is 13.3. The largest absolute Gasteiger partial charge is 0.492 e.